The van der Waals surface area contributed by atoms with E-state index in [1.165, 1.54) is 23.8 Å². The molecular formula is C17H23BrN2. The van der Waals surface area contributed by atoms with Gasteiger partial charge in [0, 0.05) is 28.6 Å². The van der Waals surface area contributed by atoms with Crippen molar-refractivity contribution in [1.29, 1.82) is 0 Å². The van der Waals surface area contributed by atoms with E-state index in [1.54, 1.807) is 0 Å². The van der Waals surface area contributed by atoms with Gasteiger partial charge in [0.05, 0.1) is 5.52 Å². The molecule has 2 rings (SSSR count). The minimum Gasteiger partial charge on any atom is -0.310 e. The van der Waals surface area contributed by atoms with Crippen LogP contribution in [0.3, 0.4) is 0 Å². The SMILES string of the molecule is CC(C)CCC(C)NCc1ccc(Br)c2cccnc12. The van der Waals surface area contributed by atoms with Crippen LogP contribution >= 0.6 is 15.9 Å². The minimum atomic E-state index is 0.541. The van der Waals surface area contributed by atoms with Crippen LogP contribution in [0.1, 0.15) is 39.2 Å². The molecule has 0 fully saturated rings. The van der Waals surface area contributed by atoms with Crippen LogP contribution in [-0.4, -0.2) is 11.0 Å². The number of pyridine rings is 1. The summed E-state index contributed by atoms with van der Waals surface area (Å²) in [6.07, 6.45) is 4.35. The Morgan fingerprint density at radius 2 is 1.95 bits per heavy atom. The van der Waals surface area contributed by atoms with Crippen molar-refractivity contribution >= 4 is 26.8 Å². The van der Waals surface area contributed by atoms with Gasteiger partial charge in [-0.2, -0.15) is 0 Å². The fourth-order valence-electron chi connectivity index (χ4n) is 2.31. The minimum absolute atomic E-state index is 0.541. The van der Waals surface area contributed by atoms with Gasteiger partial charge in [0.1, 0.15) is 0 Å². The van der Waals surface area contributed by atoms with Crippen molar-refractivity contribution in [2.24, 2.45) is 5.92 Å². The molecular weight excluding hydrogens is 312 g/mol. The second-order valence-electron chi connectivity index (χ2n) is 5.86. The Bertz CT molecular complexity index is 566. The zero-order valence-electron chi connectivity index (χ0n) is 12.5. The highest BCUT2D eigenvalue weighted by molar-refractivity contribution is 9.10. The molecule has 1 heterocycles. The van der Waals surface area contributed by atoms with Gasteiger partial charge in [0.2, 0.25) is 0 Å². The van der Waals surface area contributed by atoms with E-state index in [2.05, 4.69) is 65.2 Å². The maximum absolute atomic E-state index is 4.52. The van der Waals surface area contributed by atoms with Crippen molar-refractivity contribution in [3.8, 4) is 0 Å². The Morgan fingerprint density at radius 3 is 2.70 bits per heavy atom. The summed E-state index contributed by atoms with van der Waals surface area (Å²) in [5.74, 6) is 0.773. The van der Waals surface area contributed by atoms with Gasteiger partial charge in [-0.25, -0.2) is 0 Å². The number of benzene rings is 1. The number of nitrogens with one attached hydrogen (secondary N) is 1. The standard InChI is InChI=1S/C17H23BrN2/c1-12(2)6-7-13(3)20-11-14-8-9-16(18)15-5-4-10-19-17(14)15/h4-5,8-10,12-13,20H,6-7,11H2,1-3H3. The van der Waals surface area contributed by atoms with Gasteiger partial charge >= 0.3 is 0 Å². The van der Waals surface area contributed by atoms with E-state index < -0.39 is 0 Å². The molecule has 20 heavy (non-hydrogen) atoms. The van der Waals surface area contributed by atoms with E-state index in [4.69, 9.17) is 0 Å². The maximum Gasteiger partial charge on any atom is 0.0758 e. The molecule has 1 atom stereocenters. The topological polar surface area (TPSA) is 24.9 Å². The zero-order chi connectivity index (χ0) is 14.5. The molecule has 0 aliphatic rings. The van der Waals surface area contributed by atoms with Crippen LogP contribution in [0.4, 0.5) is 0 Å². The predicted molar refractivity (Wildman–Crippen MR) is 89.8 cm³/mol. The normalized spacial score (nSPS) is 13.1. The molecule has 1 N–H and O–H groups in total. The van der Waals surface area contributed by atoms with E-state index in [1.807, 2.05) is 12.3 Å². The number of halogens is 1. The zero-order valence-corrected chi connectivity index (χ0v) is 14.1. The van der Waals surface area contributed by atoms with Gasteiger partial charge < -0.3 is 5.32 Å². The van der Waals surface area contributed by atoms with Crippen molar-refractivity contribution < 1.29 is 0 Å². The first kappa shape index (κ1) is 15.5. The van der Waals surface area contributed by atoms with Crippen LogP contribution in [0.2, 0.25) is 0 Å². The molecule has 2 nitrogen and oxygen atoms in total. The average molecular weight is 335 g/mol. The lowest BCUT2D eigenvalue weighted by Crippen LogP contribution is -2.25. The van der Waals surface area contributed by atoms with Crippen LogP contribution in [-0.2, 0) is 6.54 Å². The Morgan fingerprint density at radius 1 is 1.15 bits per heavy atom. The van der Waals surface area contributed by atoms with E-state index in [0.29, 0.717) is 6.04 Å². The van der Waals surface area contributed by atoms with E-state index in [9.17, 15) is 0 Å². The molecule has 1 unspecified atom stereocenters. The Balaban J connectivity index is 2.05. The van der Waals surface area contributed by atoms with Gasteiger partial charge in [-0.15, -0.1) is 0 Å². The summed E-state index contributed by atoms with van der Waals surface area (Å²) >= 11 is 3.59. The first-order chi connectivity index (χ1) is 9.58. The van der Waals surface area contributed by atoms with Gasteiger partial charge in [-0.3, -0.25) is 4.98 Å². The average Bonchev–Trinajstić information content (AvgIpc) is 2.45. The Hall–Kier alpha value is -0.930. The second kappa shape index (κ2) is 7.19. The summed E-state index contributed by atoms with van der Waals surface area (Å²) in [6.45, 7) is 7.69. The molecule has 3 heteroatoms. The van der Waals surface area contributed by atoms with Gasteiger partial charge in [-0.1, -0.05) is 41.9 Å². The summed E-state index contributed by atoms with van der Waals surface area (Å²) < 4.78 is 1.11. The Kier molecular flexibility index (Phi) is 5.55. The number of aromatic nitrogens is 1. The summed E-state index contributed by atoms with van der Waals surface area (Å²) in [6, 6.07) is 8.90. The molecule has 2 aromatic rings. The molecule has 0 amide bonds. The number of hydrogen-bond acceptors (Lipinski definition) is 2. The Labute approximate surface area is 130 Å². The first-order valence-electron chi connectivity index (χ1n) is 7.33. The predicted octanol–water partition coefficient (Wildman–Crippen LogP) is 4.91. The van der Waals surface area contributed by atoms with Gasteiger partial charge in [-0.05, 0) is 43.4 Å². The number of fused-ring (bicyclic) bond motifs is 1. The lowest BCUT2D eigenvalue weighted by molar-refractivity contribution is 0.451. The summed E-state index contributed by atoms with van der Waals surface area (Å²) in [7, 11) is 0. The molecule has 0 spiro atoms. The summed E-state index contributed by atoms with van der Waals surface area (Å²) in [5.41, 5.74) is 2.35. The highest BCUT2D eigenvalue weighted by Crippen LogP contribution is 2.25. The van der Waals surface area contributed by atoms with Gasteiger partial charge in [0.15, 0.2) is 0 Å². The highest BCUT2D eigenvalue weighted by Gasteiger charge is 2.07. The fraction of sp³-hybridized carbons (Fsp3) is 0.471. The molecule has 1 aromatic carbocycles. The largest absolute Gasteiger partial charge is 0.310 e. The van der Waals surface area contributed by atoms with Crippen LogP contribution < -0.4 is 5.32 Å². The summed E-state index contributed by atoms with van der Waals surface area (Å²) in [4.78, 5) is 4.52. The highest BCUT2D eigenvalue weighted by atomic mass is 79.9. The fourth-order valence-corrected chi connectivity index (χ4v) is 2.76. The van der Waals surface area contributed by atoms with Crippen molar-refractivity contribution in [3.05, 3.63) is 40.5 Å². The number of rotatable bonds is 6. The number of hydrogen-bond donors (Lipinski definition) is 1. The van der Waals surface area contributed by atoms with Crippen molar-refractivity contribution in [1.82, 2.24) is 10.3 Å². The molecule has 0 saturated heterocycles. The maximum atomic E-state index is 4.52. The van der Waals surface area contributed by atoms with Crippen LogP contribution in [0.5, 0.6) is 0 Å². The molecule has 0 aliphatic carbocycles. The van der Waals surface area contributed by atoms with Crippen molar-refractivity contribution in [2.45, 2.75) is 46.2 Å². The molecule has 0 aliphatic heterocycles. The molecule has 108 valence electrons. The third-order valence-electron chi connectivity index (χ3n) is 3.62. The molecule has 0 saturated carbocycles. The van der Waals surface area contributed by atoms with Crippen molar-refractivity contribution in [3.63, 3.8) is 0 Å². The van der Waals surface area contributed by atoms with Gasteiger partial charge in [0.25, 0.3) is 0 Å². The quantitative estimate of drug-likeness (QED) is 0.811. The van der Waals surface area contributed by atoms with E-state index in [0.717, 1.165) is 22.5 Å². The molecule has 0 radical (unpaired) electrons. The number of nitrogens with zero attached hydrogens (tertiary/aromatic N) is 1. The van der Waals surface area contributed by atoms with Crippen molar-refractivity contribution in [2.75, 3.05) is 0 Å². The van der Waals surface area contributed by atoms with E-state index in [-0.39, 0.29) is 0 Å². The third-order valence-corrected chi connectivity index (χ3v) is 4.31. The van der Waals surface area contributed by atoms with Crippen LogP contribution in [0, 0.1) is 5.92 Å². The third kappa shape index (κ3) is 4.03. The molecule has 0 bridgehead atoms. The smallest absolute Gasteiger partial charge is 0.0758 e. The summed E-state index contributed by atoms with van der Waals surface area (Å²) in [5, 5.41) is 4.79. The van der Waals surface area contributed by atoms with Crippen LogP contribution in [0.15, 0.2) is 34.9 Å². The van der Waals surface area contributed by atoms with Crippen LogP contribution in [0.25, 0.3) is 10.9 Å². The molecule has 1 aromatic heterocycles. The second-order valence-corrected chi connectivity index (χ2v) is 6.71. The monoisotopic (exact) mass is 334 g/mol. The lowest BCUT2D eigenvalue weighted by Gasteiger charge is -2.16. The first-order valence-corrected chi connectivity index (χ1v) is 8.12. The van der Waals surface area contributed by atoms with E-state index >= 15 is 0 Å². The lowest BCUT2D eigenvalue weighted by atomic mass is 10.0.